The van der Waals surface area contributed by atoms with Crippen molar-refractivity contribution in [2.75, 3.05) is 6.61 Å². The van der Waals surface area contributed by atoms with E-state index in [0.717, 1.165) is 0 Å². The summed E-state index contributed by atoms with van der Waals surface area (Å²) in [5, 5.41) is 0. The number of esters is 1. The van der Waals surface area contributed by atoms with Gasteiger partial charge in [0.15, 0.2) is 5.78 Å². The normalized spacial score (nSPS) is 12.6. The molecule has 0 N–H and O–H groups in total. The first kappa shape index (κ1) is 15.5. The third kappa shape index (κ3) is 4.92. The standard InChI is InChI=1S/C9H10F4O4/c1-2-17-9(16)4(6(15)8(12)13)3-5(14)7(10)11/h4,7-8H,2-3H2,1H3. The molecule has 1 unspecified atom stereocenters. The average molecular weight is 258 g/mol. The van der Waals surface area contributed by atoms with Gasteiger partial charge in [-0.1, -0.05) is 0 Å². The molecule has 0 radical (unpaired) electrons. The lowest BCUT2D eigenvalue weighted by molar-refractivity contribution is -0.157. The molecule has 0 bridgehead atoms. The molecule has 0 rings (SSSR count). The Kier molecular flexibility index (Phi) is 6.37. The zero-order chi connectivity index (χ0) is 13.6. The summed E-state index contributed by atoms with van der Waals surface area (Å²) in [6.45, 7) is 1.13. The molecule has 8 heteroatoms. The maximum Gasteiger partial charge on any atom is 0.317 e. The van der Waals surface area contributed by atoms with Gasteiger partial charge in [-0.3, -0.25) is 14.4 Å². The summed E-state index contributed by atoms with van der Waals surface area (Å²) >= 11 is 0. The maximum absolute atomic E-state index is 12.1. The van der Waals surface area contributed by atoms with Crippen LogP contribution in [0.3, 0.4) is 0 Å². The number of Topliss-reactive ketones (excluding diaryl/α,β-unsaturated/α-hetero) is 2. The van der Waals surface area contributed by atoms with Crippen LogP contribution in [-0.4, -0.2) is 37.0 Å². The van der Waals surface area contributed by atoms with E-state index in [-0.39, 0.29) is 6.61 Å². The highest BCUT2D eigenvalue weighted by Crippen LogP contribution is 2.15. The summed E-state index contributed by atoms with van der Waals surface area (Å²) in [6.07, 6.45) is -8.22. The number of halogens is 4. The van der Waals surface area contributed by atoms with Crippen molar-refractivity contribution < 1.29 is 36.7 Å². The van der Waals surface area contributed by atoms with Crippen molar-refractivity contribution in [2.45, 2.75) is 26.2 Å². The molecule has 0 aliphatic carbocycles. The number of alkyl halides is 4. The van der Waals surface area contributed by atoms with Gasteiger partial charge in [0.25, 0.3) is 12.9 Å². The Morgan fingerprint density at radius 1 is 1.06 bits per heavy atom. The second-order valence-corrected chi connectivity index (χ2v) is 2.98. The van der Waals surface area contributed by atoms with Gasteiger partial charge in [-0.15, -0.1) is 0 Å². The SMILES string of the molecule is CCOC(=O)C(CC(=O)C(F)F)C(=O)C(F)F. The summed E-state index contributed by atoms with van der Waals surface area (Å²) in [7, 11) is 0. The zero-order valence-corrected chi connectivity index (χ0v) is 8.79. The highest BCUT2D eigenvalue weighted by molar-refractivity contribution is 6.04. The van der Waals surface area contributed by atoms with Crippen LogP contribution in [0, 0.1) is 5.92 Å². The Morgan fingerprint density at radius 3 is 1.94 bits per heavy atom. The van der Waals surface area contributed by atoms with E-state index in [9.17, 15) is 31.9 Å². The summed E-state index contributed by atoms with van der Waals surface area (Å²) in [5.74, 6) is -7.21. The summed E-state index contributed by atoms with van der Waals surface area (Å²) in [5.41, 5.74) is 0. The lowest BCUT2D eigenvalue weighted by Crippen LogP contribution is -2.33. The molecule has 0 saturated heterocycles. The molecule has 0 aliphatic heterocycles. The van der Waals surface area contributed by atoms with Crippen molar-refractivity contribution in [1.82, 2.24) is 0 Å². The van der Waals surface area contributed by atoms with Gasteiger partial charge in [0.2, 0.25) is 5.78 Å². The van der Waals surface area contributed by atoms with Crippen molar-refractivity contribution in [3.05, 3.63) is 0 Å². The van der Waals surface area contributed by atoms with Gasteiger partial charge in [-0.25, -0.2) is 17.6 Å². The molecule has 0 aromatic carbocycles. The minimum Gasteiger partial charge on any atom is -0.465 e. The number of rotatable bonds is 7. The lowest BCUT2D eigenvalue weighted by Gasteiger charge is -2.12. The van der Waals surface area contributed by atoms with Gasteiger partial charge in [0, 0.05) is 6.42 Å². The van der Waals surface area contributed by atoms with E-state index in [2.05, 4.69) is 4.74 Å². The smallest absolute Gasteiger partial charge is 0.317 e. The van der Waals surface area contributed by atoms with Crippen LogP contribution in [0.25, 0.3) is 0 Å². The first-order chi connectivity index (χ1) is 7.81. The number of carbonyl (C=O) groups excluding carboxylic acids is 3. The van der Waals surface area contributed by atoms with Gasteiger partial charge in [0.1, 0.15) is 5.92 Å². The van der Waals surface area contributed by atoms with E-state index in [1.807, 2.05) is 0 Å². The second-order valence-electron chi connectivity index (χ2n) is 2.98. The average Bonchev–Trinajstić information content (AvgIpc) is 2.24. The van der Waals surface area contributed by atoms with Crippen molar-refractivity contribution in [3.8, 4) is 0 Å². The highest BCUT2D eigenvalue weighted by atomic mass is 19.3. The topological polar surface area (TPSA) is 60.4 Å². The van der Waals surface area contributed by atoms with E-state index in [0.29, 0.717) is 0 Å². The minimum absolute atomic E-state index is 0.214. The summed E-state index contributed by atoms with van der Waals surface area (Å²) in [6, 6.07) is 0. The number of ketones is 2. The van der Waals surface area contributed by atoms with Crippen LogP contribution in [0.2, 0.25) is 0 Å². The quantitative estimate of drug-likeness (QED) is 0.391. The molecule has 98 valence electrons. The molecule has 1 atom stereocenters. The Bertz CT molecular complexity index is 303. The van der Waals surface area contributed by atoms with Crippen LogP contribution < -0.4 is 0 Å². The largest absolute Gasteiger partial charge is 0.465 e. The fourth-order valence-electron chi connectivity index (χ4n) is 0.985. The van der Waals surface area contributed by atoms with Gasteiger partial charge in [-0.2, -0.15) is 0 Å². The van der Waals surface area contributed by atoms with Crippen molar-refractivity contribution in [1.29, 1.82) is 0 Å². The van der Waals surface area contributed by atoms with Crippen molar-refractivity contribution in [2.24, 2.45) is 5.92 Å². The molecule has 0 spiro atoms. The molecule has 17 heavy (non-hydrogen) atoms. The molecule has 0 saturated carbocycles. The summed E-state index contributed by atoms with van der Waals surface area (Å²) in [4.78, 5) is 32.6. The van der Waals surface area contributed by atoms with Crippen molar-refractivity contribution >= 4 is 17.5 Å². The van der Waals surface area contributed by atoms with Crippen LogP contribution in [0.15, 0.2) is 0 Å². The molecule has 4 nitrogen and oxygen atoms in total. The van der Waals surface area contributed by atoms with Crippen molar-refractivity contribution in [3.63, 3.8) is 0 Å². The van der Waals surface area contributed by atoms with Gasteiger partial charge < -0.3 is 4.74 Å². The minimum atomic E-state index is -3.52. The van der Waals surface area contributed by atoms with Gasteiger partial charge in [-0.05, 0) is 6.92 Å². The molecular weight excluding hydrogens is 248 g/mol. The van der Waals surface area contributed by atoms with Crippen LogP contribution >= 0.6 is 0 Å². The second kappa shape index (κ2) is 6.97. The number of hydrogen-bond acceptors (Lipinski definition) is 4. The van der Waals surface area contributed by atoms with E-state index >= 15 is 0 Å². The predicted molar refractivity (Wildman–Crippen MR) is 46.8 cm³/mol. The molecular formula is C9H10F4O4. The monoisotopic (exact) mass is 258 g/mol. The van der Waals surface area contributed by atoms with Gasteiger partial charge >= 0.3 is 5.97 Å². The van der Waals surface area contributed by atoms with Gasteiger partial charge in [0.05, 0.1) is 6.61 Å². The number of carbonyl (C=O) groups is 3. The third-order valence-electron chi connectivity index (χ3n) is 1.78. The van der Waals surface area contributed by atoms with E-state index in [1.165, 1.54) is 6.92 Å². The fraction of sp³-hybridized carbons (Fsp3) is 0.667. The van der Waals surface area contributed by atoms with Crippen LogP contribution in [-0.2, 0) is 19.1 Å². The Morgan fingerprint density at radius 2 is 1.59 bits per heavy atom. The van der Waals surface area contributed by atoms with E-state index < -0.39 is 42.7 Å². The molecule has 0 heterocycles. The van der Waals surface area contributed by atoms with Crippen LogP contribution in [0.1, 0.15) is 13.3 Å². The fourth-order valence-corrected chi connectivity index (χ4v) is 0.985. The first-order valence-corrected chi connectivity index (χ1v) is 4.60. The molecule has 0 aliphatic rings. The Labute approximate surface area is 93.9 Å². The molecule has 0 aromatic rings. The number of ether oxygens (including phenoxy) is 1. The number of hydrogen-bond donors (Lipinski definition) is 0. The maximum atomic E-state index is 12.1. The lowest BCUT2D eigenvalue weighted by atomic mass is 9.98. The molecule has 0 aromatic heterocycles. The highest BCUT2D eigenvalue weighted by Gasteiger charge is 2.37. The zero-order valence-electron chi connectivity index (χ0n) is 8.79. The predicted octanol–water partition coefficient (Wildman–Crippen LogP) is 1.22. The molecule has 0 amide bonds. The van der Waals surface area contributed by atoms with Crippen LogP contribution in [0.5, 0.6) is 0 Å². The Hall–Kier alpha value is -1.47. The first-order valence-electron chi connectivity index (χ1n) is 4.60. The molecule has 0 fully saturated rings. The van der Waals surface area contributed by atoms with Crippen LogP contribution in [0.4, 0.5) is 17.6 Å². The van der Waals surface area contributed by atoms with E-state index in [4.69, 9.17) is 0 Å². The van der Waals surface area contributed by atoms with E-state index in [1.54, 1.807) is 0 Å². The summed E-state index contributed by atoms with van der Waals surface area (Å²) < 4.78 is 52.2. The Balaban J connectivity index is 4.80. The third-order valence-corrected chi connectivity index (χ3v) is 1.78.